The van der Waals surface area contributed by atoms with Crippen molar-refractivity contribution in [2.45, 2.75) is 37.3 Å². The lowest BCUT2D eigenvalue weighted by Gasteiger charge is -2.36. The number of methoxy groups -OCH3 is 1. The van der Waals surface area contributed by atoms with Crippen LogP contribution in [0.4, 0.5) is 5.69 Å². The molecule has 7 nitrogen and oxygen atoms in total. The number of nitrogens with zero attached hydrogens (tertiary/aromatic N) is 2. The predicted octanol–water partition coefficient (Wildman–Crippen LogP) is 2.21. The molecule has 1 aliphatic carbocycles. The van der Waals surface area contributed by atoms with Gasteiger partial charge in [0.2, 0.25) is 0 Å². The molecular weight excluding hydrogens is 312 g/mol. The number of benzene rings is 1. The van der Waals surface area contributed by atoms with Crippen molar-refractivity contribution < 1.29 is 24.0 Å². The quantitative estimate of drug-likeness (QED) is 0.586. The zero-order valence-electron chi connectivity index (χ0n) is 14.1. The fraction of sp³-hybridized carbons (Fsp3) is 0.588. The summed E-state index contributed by atoms with van der Waals surface area (Å²) in [5, 5.41) is 0. The second-order valence-corrected chi connectivity index (χ2v) is 6.26. The Morgan fingerprint density at radius 2 is 1.96 bits per heavy atom. The summed E-state index contributed by atoms with van der Waals surface area (Å²) >= 11 is 0. The minimum Gasteiger partial charge on any atom is -0.490 e. The van der Waals surface area contributed by atoms with Gasteiger partial charge in [-0.05, 0) is 31.7 Å². The van der Waals surface area contributed by atoms with E-state index in [2.05, 4.69) is 9.74 Å². The number of carbonyl (C=O) groups excluding carboxylic acids is 1. The van der Waals surface area contributed by atoms with Crippen LogP contribution < -0.4 is 4.74 Å². The monoisotopic (exact) mass is 335 g/mol. The molecule has 1 saturated heterocycles. The summed E-state index contributed by atoms with van der Waals surface area (Å²) in [6, 6.07) is 6.93. The van der Waals surface area contributed by atoms with E-state index >= 15 is 0 Å². The van der Waals surface area contributed by atoms with Gasteiger partial charge in [0.1, 0.15) is 17.4 Å². The Kier molecular flexibility index (Phi) is 4.71. The number of likely N-dealkylation sites (tertiary alicyclic amines) is 1. The van der Waals surface area contributed by atoms with Gasteiger partial charge in [-0.15, -0.1) is 0 Å². The third-order valence-electron chi connectivity index (χ3n) is 4.83. The molecule has 1 aliphatic heterocycles. The molecule has 0 N–H and O–H groups in total. The van der Waals surface area contributed by atoms with Crippen LogP contribution in [0.2, 0.25) is 0 Å². The summed E-state index contributed by atoms with van der Waals surface area (Å²) in [4.78, 5) is 30.8. The van der Waals surface area contributed by atoms with Crippen LogP contribution in [0.5, 0.6) is 5.75 Å². The standard InChI is InChI=1S/C17H23N2O5/c1-22-16(20)17(8-9-17)18-10-6-14(7-11-18)24-15-5-3-4-13(12-15)19(21)23-2/h3-5,12,14H,6-11H2,1-2H3/q+1. The molecule has 1 aromatic carbocycles. The van der Waals surface area contributed by atoms with E-state index in [4.69, 9.17) is 9.47 Å². The Morgan fingerprint density at radius 3 is 2.54 bits per heavy atom. The SMILES string of the molecule is COC(=O)C1(N2CCC(Oc3cccc([N+](=O)OC)c3)CC2)CC1. The van der Waals surface area contributed by atoms with Crippen LogP contribution in [0.15, 0.2) is 24.3 Å². The smallest absolute Gasteiger partial charge is 0.326 e. The number of carbonyl (C=O) groups is 1. The van der Waals surface area contributed by atoms with Gasteiger partial charge in [-0.3, -0.25) is 9.69 Å². The lowest BCUT2D eigenvalue weighted by Crippen LogP contribution is -2.49. The van der Waals surface area contributed by atoms with Crippen molar-refractivity contribution in [2.75, 3.05) is 27.3 Å². The van der Waals surface area contributed by atoms with E-state index in [0.717, 1.165) is 38.8 Å². The number of piperidine rings is 1. The molecule has 24 heavy (non-hydrogen) atoms. The maximum atomic E-state index is 12.0. The molecule has 0 bridgehead atoms. The van der Waals surface area contributed by atoms with E-state index in [1.165, 1.54) is 14.2 Å². The third kappa shape index (κ3) is 3.21. The maximum Gasteiger partial charge on any atom is 0.326 e. The van der Waals surface area contributed by atoms with Crippen LogP contribution in [0.1, 0.15) is 25.7 Å². The zero-order chi connectivity index (χ0) is 17.2. The van der Waals surface area contributed by atoms with Crippen LogP contribution in [-0.2, 0) is 14.4 Å². The highest BCUT2D eigenvalue weighted by Crippen LogP contribution is 2.44. The zero-order valence-corrected chi connectivity index (χ0v) is 14.1. The minimum atomic E-state index is -0.388. The molecule has 130 valence electrons. The van der Waals surface area contributed by atoms with Gasteiger partial charge < -0.3 is 9.47 Å². The summed E-state index contributed by atoms with van der Waals surface area (Å²) in [5.41, 5.74) is 0.0105. The number of rotatable bonds is 6. The Labute approximate surface area is 141 Å². The third-order valence-corrected chi connectivity index (χ3v) is 4.83. The van der Waals surface area contributed by atoms with Crippen molar-refractivity contribution in [1.82, 2.24) is 4.90 Å². The normalized spacial score (nSPS) is 20.2. The maximum absolute atomic E-state index is 12.0. The minimum absolute atomic E-state index is 0.0765. The summed E-state index contributed by atoms with van der Waals surface area (Å²) < 4.78 is 10.9. The van der Waals surface area contributed by atoms with E-state index in [9.17, 15) is 9.70 Å². The average molecular weight is 335 g/mol. The molecule has 1 heterocycles. The summed E-state index contributed by atoms with van der Waals surface area (Å²) in [6.45, 7) is 1.62. The Balaban J connectivity index is 1.56. The molecule has 1 saturated carbocycles. The topological polar surface area (TPSA) is 68.1 Å². The summed E-state index contributed by atoms with van der Waals surface area (Å²) in [7, 11) is 2.77. The largest absolute Gasteiger partial charge is 0.490 e. The molecule has 2 aliphatic rings. The van der Waals surface area contributed by atoms with Gasteiger partial charge in [0.25, 0.3) is 4.92 Å². The molecular formula is C17H23N2O5+. The van der Waals surface area contributed by atoms with E-state index in [0.29, 0.717) is 16.4 Å². The van der Waals surface area contributed by atoms with Gasteiger partial charge in [-0.25, -0.2) is 4.84 Å². The molecule has 0 radical (unpaired) electrons. The van der Waals surface area contributed by atoms with E-state index < -0.39 is 0 Å². The first-order valence-electron chi connectivity index (χ1n) is 8.20. The fourth-order valence-corrected chi connectivity index (χ4v) is 3.33. The number of hydrogen-bond donors (Lipinski definition) is 0. The molecule has 0 aromatic heterocycles. The van der Waals surface area contributed by atoms with Crippen LogP contribution in [0.25, 0.3) is 0 Å². The lowest BCUT2D eigenvalue weighted by molar-refractivity contribution is -0.736. The Bertz CT molecular complexity index is 621. The first-order valence-corrected chi connectivity index (χ1v) is 8.20. The Hall–Kier alpha value is -2.15. The molecule has 7 heteroatoms. The van der Waals surface area contributed by atoms with Crippen LogP contribution in [0.3, 0.4) is 0 Å². The highest BCUT2D eigenvalue weighted by Gasteiger charge is 2.56. The highest BCUT2D eigenvalue weighted by molar-refractivity contribution is 5.84. The van der Waals surface area contributed by atoms with E-state index in [1.807, 2.05) is 6.07 Å². The van der Waals surface area contributed by atoms with Gasteiger partial charge in [-0.1, -0.05) is 6.07 Å². The first-order chi connectivity index (χ1) is 11.6. The van der Waals surface area contributed by atoms with Gasteiger partial charge in [0.15, 0.2) is 7.11 Å². The van der Waals surface area contributed by atoms with Crippen molar-refractivity contribution in [3.63, 3.8) is 0 Å². The molecule has 0 amide bonds. The number of ether oxygens (including phenoxy) is 2. The van der Waals surface area contributed by atoms with E-state index in [-0.39, 0.29) is 17.6 Å². The predicted molar refractivity (Wildman–Crippen MR) is 85.9 cm³/mol. The van der Waals surface area contributed by atoms with Crippen molar-refractivity contribution in [1.29, 1.82) is 0 Å². The highest BCUT2D eigenvalue weighted by atomic mass is 16.8. The van der Waals surface area contributed by atoms with Gasteiger partial charge in [-0.2, -0.15) is 0 Å². The van der Waals surface area contributed by atoms with Gasteiger partial charge >= 0.3 is 11.7 Å². The van der Waals surface area contributed by atoms with E-state index in [1.54, 1.807) is 18.2 Å². The van der Waals surface area contributed by atoms with Crippen molar-refractivity contribution in [3.05, 3.63) is 29.2 Å². The molecule has 0 spiro atoms. The average Bonchev–Trinajstić information content (AvgIpc) is 3.43. The summed E-state index contributed by atoms with van der Waals surface area (Å²) in [5.74, 6) is 0.530. The molecule has 1 aromatic rings. The molecule has 2 fully saturated rings. The molecule has 3 rings (SSSR count). The van der Waals surface area contributed by atoms with Crippen LogP contribution in [-0.4, -0.2) is 54.7 Å². The number of hydrogen-bond acceptors (Lipinski definition) is 6. The van der Waals surface area contributed by atoms with Gasteiger partial charge in [0, 0.05) is 19.2 Å². The summed E-state index contributed by atoms with van der Waals surface area (Å²) in [6.07, 6.45) is 3.52. The first kappa shape index (κ1) is 16.7. The fourth-order valence-electron chi connectivity index (χ4n) is 3.33. The van der Waals surface area contributed by atoms with Crippen LogP contribution >= 0.6 is 0 Å². The lowest BCUT2D eigenvalue weighted by atomic mass is 10.0. The second-order valence-electron chi connectivity index (χ2n) is 6.26. The second kappa shape index (κ2) is 6.76. The molecule has 0 unspecified atom stereocenters. The van der Waals surface area contributed by atoms with Crippen LogP contribution in [0, 0.1) is 4.91 Å². The van der Waals surface area contributed by atoms with Crippen molar-refractivity contribution >= 4 is 11.7 Å². The molecule has 0 atom stereocenters. The Morgan fingerprint density at radius 1 is 1.25 bits per heavy atom. The van der Waals surface area contributed by atoms with Crippen molar-refractivity contribution in [3.8, 4) is 5.75 Å². The van der Waals surface area contributed by atoms with Crippen molar-refractivity contribution in [2.24, 2.45) is 0 Å². The number of esters is 1. The van der Waals surface area contributed by atoms with Gasteiger partial charge in [0.05, 0.1) is 18.1 Å².